The Hall–Kier alpha value is -1.34. The lowest BCUT2D eigenvalue weighted by atomic mass is 10.2. The molecule has 5 nitrogen and oxygen atoms in total. The summed E-state index contributed by atoms with van der Waals surface area (Å²) in [5.41, 5.74) is -0.360. The maximum atomic E-state index is 13.8. The van der Waals surface area contributed by atoms with E-state index in [2.05, 4.69) is 15.9 Å². The van der Waals surface area contributed by atoms with E-state index in [0.29, 0.717) is 24.0 Å². The van der Waals surface area contributed by atoms with Gasteiger partial charge in [-0.05, 0) is 55.3 Å². The fraction of sp³-hybridized carbons (Fsp3) is 0.529. The van der Waals surface area contributed by atoms with Crippen molar-refractivity contribution in [1.82, 2.24) is 9.80 Å². The molecule has 1 heterocycles. The Morgan fingerprint density at radius 1 is 1.40 bits per heavy atom. The molecule has 0 spiro atoms. The average molecular weight is 436 g/mol. The summed E-state index contributed by atoms with van der Waals surface area (Å²) in [5.74, 6) is -0.947. The van der Waals surface area contributed by atoms with Crippen molar-refractivity contribution in [3.05, 3.63) is 33.0 Å². The first-order chi connectivity index (χ1) is 11.5. The molecular weight excluding hydrogens is 415 g/mol. The molecule has 1 aromatic carbocycles. The highest BCUT2D eigenvalue weighted by molar-refractivity contribution is 9.10. The second kappa shape index (κ2) is 7.50. The summed E-state index contributed by atoms with van der Waals surface area (Å²) >= 11 is 8.91. The van der Waals surface area contributed by atoms with E-state index in [1.54, 1.807) is 32.7 Å². The van der Waals surface area contributed by atoms with Crippen molar-refractivity contribution in [2.24, 2.45) is 0 Å². The maximum Gasteiger partial charge on any atom is 0.410 e. The van der Waals surface area contributed by atoms with Crippen LogP contribution in [0.1, 0.15) is 37.6 Å². The van der Waals surface area contributed by atoms with E-state index in [0.717, 1.165) is 6.07 Å². The van der Waals surface area contributed by atoms with Gasteiger partial charge in [-0.15, -0.1) is 0 Å². The van der Waals surface area contributed by atoms with Crippen LogP contribution >= 0.6 is 27.5 Å². The molecule has 1 aliphatic rings. The van der Waals surface area contributed by atoms with E-state index in [-0.39, 0.29) is 22.5 Å². The van der Waals surface area contributed by atoms with Gasteiger partial charge < -0.3 is 14.5 Å². The zero-order valence-corrected chi connectivity index (χ0v) is 16.9. The molecule has 0 bridgehead atoms. The molecule has 1 fully saturated rings. The van der Waals surface area contributed by atoms with Crippen molar-refractivity contribution in [2.75, 3.05) is 20.1 Å². The lowest BCUT2D eigenvalue weighted by Crippen LogP contribution is -2.42. The van der Waals surface area contributed by atoms with Crippen LogP contribution in [0, 0.1) is 5.82 Å². The van der Waals surface area contributed by atoms with Gasteiger partial charge in [0, 0.05) is 30.2 Å². The van der Waals surface area contributed by atoms with E-state index in [1.807, 2.05) is 0 Å². The lowest BCUT2D eigenvalue weighted by molar-refractivity contribution is 0.0226. The van der Waals surface area contributed by atoms with Gasteiger partial charge >= 0.3 is 6.09 Å². The van der Waals surface area contributed by atoms with Crippen LogP contribution in [0.4, 0.5) is 9.18 Å². The van der Waals surface area contributed by atoms with Gasteiger partial charge in [0.15, 0.2) is 0 Å². The Morgan fingerprint density at radius 2 is 2.04 bits per heavy atom. The summed E-state index contributed by atoms with van der Waals surface area (Å²) in [6.45, 7) is 6.26. The van der Waals surface area contributed by atoms with Gasteiger partial charge in [-0.1, -0.05) is 11.6 Å². The minimum atomic E-state index is -0.652. The number of hydrogen-bond donors (Lipinski definition) is 0. The van der Waals surface area contributed by atoms with E-state index >= 15 is 0 Å². The number of likely N-dealkylation sites (N-methyl/N-ethyl adjacent to an activating group) is 1. The van der Waals surface area contributed by atoms with E-state index in [4.69, 9.17) is 16.3 Å². The van der Waals surface area contributed by atoms with Gasteiger partial charge in [0.1, 0.15) is 11.4 Å². The minimum absolute atomic E-state index is 0.0551. The monoisotopic (exact) mass is 434 g/mol. The number of nitrogens with zero attached hydrogens (tertiary/aromatic N) is 2. The molecular formula is C17H21BrClFN2O3. The van der Waals surface area contributed by atoms with Crippen molar-refractivity contribution in [3.63, 3.8) is 0 Å². The molecule has 2 amide bonds. The van der Waals surface area contributed by atoms with Gasteiger partial charge in [-0.2, -0.15) is 0 Å². The number of amides is 2. The molecule has 138 valence electrons. The molecule has 0 aromatic heterocycles. The van der Waals surface area contributed by atoms with Crippen LogP contribution in [-0.4, -0.2) is 53.6 Å². The van der Waals surface area contributed by atoms with Crippen molar-refractivity contribution < 1.29 is 18.7 Å². The number of carbonyl (C=O) groups excluding carboxylic acids is 2. The summed E-state index contributed by atoms with van der Waals surface area (Å²) in [6, 6.07) is 2.48. The summed E-state index contributed by atoms with van der Waals surface area (Å²) in [5, 5.41) is -0.0551. The van der Waals surface area contributed by atoms with E-state index in [9.17, 15) is 14.0 Å². The maximum absolute atomic E-state index is 13.8. The molecule has 0 saturated carbocycles. The van der Waals surface area contributed by atoms with Crippen molar-refractivity contribution in [2.45, 2.75) is 38.8 Å². The van der Waals surface area contributed by atoms with Gasteiger partial charge in [-0.3, -0.25) is 4.79 Å². The van der Waals surface area contributed by atoms with Gasteiger partial charge in [0.25, 0.3) is 5.91 Å². The third-order valence-electron chi connectivity index (χ3n) is 3.91. The normalized spacial score (nSPS) is 17.6. The van der Waals surface area contributed by atoms with Crippen molar-refractivity contribution in [3.8, 4) is 0 Å². The molecule has 1 unspecified atom stereocenters. The number of ether oxygens (including phenoxy) is 1. The molecule has 1 atom stereocenters. The summed E-state index contributed by atoms with van der Waals surface area (Å²) in [7, 11) is 1.66. The number of halogens is 3. The third-order valence-corrected chi connectivity index (χ3v) is 5.15. The van der Waals surface area contributed by atoms with Crippen LogP contribution in [0.2, 0.25) is 5.02 Å². The standard InChI is InChI=1S/C17H21BrClFN2O3/c1-17(2,3)25-16(24)21(4)11-5-6-22(9-11)15(23)10-7-12(18)14(19)13(20)8-10/h7-8,11H,5-6,9H2,1-4H3. The molecule has 0 radical (unpaired) electrons. The minimum Gasteiger partial charge on any atom is -0.444 e. The zero-order chi connectivity index (χ0) is 18.9. The van der Waals surface area contributed by atoms with Gasteiger partial charge in [-0.25, -0.2) is 9.18 Å². The Kier molecular flexibility index (Phi) is 5.99. The molecule has 0 aliphatic carbocycles. The third kappa shape index (κ3) is 4.85. The molecule has 1 aromatic rings. The highest BCUT2D eigenvalue weighted by Crippen LogP contribution is 2.28. The molecule has 2 rings (SSSR count). The van der Waals surface area contributed by atoms with Crippen molar-refractivity contribution >= 4 is 39.5 Å². The van der Waals surface area contributed by atoms with Crippen LogP contribution in [0.3, 0.4) is 0 Å². The summed E-state index contributed by atoms with van der Waals surface area (Å²) < 4.78 is 19.4. The number of carbonyl (C=O) groups is 2. The van der Waals surface area contributed by atoms with Gasteiger partial charge in [0.05, 0.1) is 11.1 Å². The van der Waals surface area contributed by atoms with Crippen molar-refractivity contribution in [1.29, 1.82) is 0 Å². The van der Waals surface area contributed by atoms with Crippen LogP contribution < -0.4 is 0 Å². The Balaban J connectivity index is 2.05. The lowest BCUT2D eigenvalue weighted by Gasteiger charge is -2.28. The molecule has 25 heavy (non-hydrogen) atoms. The number of rotatable bonds is 2. The fourth-order valence-electron chi connectivity index (χ4n) is 2.59. The smallest absolute Gasteiger partial charge is 0.410 e. The number of likely N-dealkylation sites (tertiary alicyclic amines) is 1. The molecule has 8 heteroatoms. The topological polar surface area (TPSA) is 49.9 Å². The van der Waals surface area contributed by atoms with Crippen LogP contribution in [0.5, 0.6) is 0 Å². The highest BCUT2D eigenvalue weighted by Gasteiger charge is 2.33. The van der Waals surface area contributed by atoms with Crippen LogP contribution in [0.25, 0.3) is 0 Å². The number of benzene rings is 1. The Morgan fingerprint density at radius 3 is 2.60 bits per heavy atom. The predicted octanol–water partition coefficient (Wildman–Crippen LogP) is 4.32. The summed E-state index contributed by atoms with van der Waals surface area (Å²) in [4.78, 5) is 27.8. The first-order valence-electron chi connectivity index (χ1n) is 7.89. The highest BCUT2D eigenvalue weighted by atomic mass is 79.9. The SMILES string of the molecule is CN(C(=O)OC(C)(C)C)C1CCN(C(=O)c2cc(F)c(Cl)c(Br)c2)C1. The predicted molar refractivity (Wildman–Crippen MR) is 97.4 cm³/mol. The van der Waals surface area contributed by atoms with Crippen LogP contribution in [-0.2, 0) is 4.74 Å². The molecule has 1 saturated heterocycles. The molecule has 1 aliphatic heterocycles. The average Bonchev–Trinajstić information content (AvgIpc) is 2.98. The zero-order valence-electron chi connectivity index (χ0n) is 14.6. The van der Waals surface area contributed by atoms with Crippen LogP contribution in [0.15, 0.2) is 16.6 Å². The second-order valence-electron chi connectivity index (χ2n) is 7.04. The van der Waals surface area contributed by atoms with E-state index in [1.165, 1.54) is 11.0 Å². The molecule has 0 N–H and O–H groups in total. The number of hydrogen-bond acceptors (Lipinski definition) is 3. The summed E-state index contributed by atoms with van der Waals surface area (Å²) in [6.07, 6.45) is 0.214. The fourth-order valence-corrected chi connectivity index (χ4v) is 3.13. The van der Waals surface area contributed by atoms with Gasteiger partial charge in [0.2, 0.25) is 0 Å². The second-order valence-corrected chi connectivity index (χ2v) is 8.27. The quantitative estimate of drug-likeness (QED) is 0.650. The first-order valence-corrected chi connectivity index (χ1v) is 9.06. The Bertz CT molecular complexity index is 670. The Labute approximate surface area is 160 Å². The largest absolute Gasteiger partial charge is 0.444 e. The van der Waals surface area contributed by atoms with E-state index < -0.39 is 17.5 Å². The first kappa shape index (κ1) is 20.0.